The van der Waals surface area contributed by atoms with E-state index in [1.807, 2.05) is 12.1 Å². The molecule has 0 amide bonds. The van der Waals surface area contributed by atoms with Crippen LogP contribution in [0.1, 0.15) is 32.6 Å². The van der Waals surface area contributed by atoms with E-state index in [9.17, 15) is 4.79 Å². The van der Waals surface area contributed by atoms with Crippen molar-refractivity contribution in [2.24, 2.45) is 0 Å². The smallest absolute Gasteiger partial charge is 0.150 e. The van der Waals surface area contributed by atoms with E-state index in [0.717, 1.165) is 23.8 Å². The predicted octanol–water partition coefficient (Wildman–Crippen LogP) is 5.07. The molecule has 114 valence electrons. The summed E-state index contributed by atoms with van der Waals surface area (Å²) in [4.78, 5) is 10.7. The van der Waals surface area contributed by atoms with Crippen LogP contribution in [0, 0.1) is 15.4 Å². The van der Waals surface area contributed by atoms with Crippen molar-refractivity contribution in [1.82, 2.24) is 0 Å². The summed E-state index contributed by atoms with van der Waals surface area (Å²) in [5.74, 6) is 6.39. The Hall–Kier alpha value is -2.38. The quantitative estimate of drug-likeness (QED) is 0.239. The van der Waals surface area contributed by atoms with E-state index in [1.165, 1.54) is 25.8 Å². The molecule has 0 radical (unpaired) electrons. The average Bonchev–Trinajstić information content (AvgIpc) is 2.96. The van der Waals surface area contributed by atoms with Crippen LogP contribution >= 0.6 is 22.6 Å². The van der Waals surface area contributed by atoms with Gasteiger partial charge in [0.15, 0.2) is 0 Å². The molecular formula is C22H13IO. The van der Waals surface area contributed by atoms with Gasteiger partial charge in [-0.05, 0) is 87.7 Å². The summed E-state index contributed by atoms with van der Waals surface area (Å²) in [5.41, 5.74) is 8.01. The summed E-state index contributed by atoms with van der Waals surface area (Å²) in [7, 11) is 0. The summed E-state index contributed by atoms with van der Waals surface area (Å²) in [6.07, 6.45) is 1.82. The second-order valence-corrected chi connectivity index (χ2v) is 7.09. The minimum atomic E-state index is 0.672. The van der Waals surface area contributed by atoms with E-state index >= 15 is 0 Å². The molecule has 0 saturated carbocycles. The number of fused-ring (bicyclic) bond motifs is 3. The summed E-state index contributed by atoms with van der Waals surface area (Å²) in [6.45, 7) is 0. The van der Waals surface area contributed by atoms with Gasteiger partial charge in [0.1, 0.15) is 6.29 Å². The molecule has 2 heteroatoms. The first kappa shape index (κ1) is 15.2. The van der Waals surface area contributed by atoms with Crippen molar-refractivity contribution in [1.29, 1.82) is 0 Å². The summed E-state index contributed by atoms with van der Waals surface area (Å²) >= 11 is 2.36. The zero-order valence-corrected chi connectivity index (χ0v) is 15.0. The lowest BCUT2D eigenvalue weighted by molar-refractivity contribution is 0.112. The molecule has 1 aliphatic carbocycles. The van der Waals surface area contributed by atoms with E-state index in [4.69, 9.17) is 0 Å². The highest BCUT2D eigenvalue weighted by Gasteiger charge is 2.18. The molecule has 0 fully saturated rings. The number of hydrogen-bond donors (Lipinski definition) is 0. The standard InChI is InChI=1S/C22H13IO/c23-20-8-10-22-19(13-20)12-18-11-16(7-9-21(18)22)4-1-15-2-5-17(14-24)6-3-15/h2-3,5-11,13-14H,12H2. The molecule has 0 N–H and O–H groups in total. The molecule has 1 aliphatic rings. The lowest BCUT2D eigenvalue weighted by Crippen LogP contribution is -1.83. The first-order valence-corrected chi connectivity index (χ1v) is 8.80. The monoisotopic (exact) mass is 420 g/mol. The molecule has 3 aromatic rings. The van der Waals surface area contributed by atoms with Crippen LogP contribution in [0.3, 0.4) is 0 Å². The maximum Gasteiger partial charge on any atom is 0.150 e. The van der Waals surface area contributed by atoms with E-state index in [0.29, 0.717) is 5.56 Å². The minimum Gasteiger partial charge on any atom is -0.298 e. The van der Waals surface area contributed by atoms with Crippen LogP contribution in [0.5, 0.6) is 0 Å². The van der Waals surface area contributed by atoms with Crippen LogP contribution < -0.4 is 0 Å². The second kappa shape index (κ2) is 6.26. The van der Waals surface area contributed by atoms with Crippen LogP contribution in [0.15, 0.2) is 60.7 Å². The van der Waals surface area contributed by atoms with E-state index in [-0.39, 0.29) is 0 Å². The van der Waals surface area contributed by atoms with Crippen LogP contribution in [0.4, 0.5) is 0 Å². The Morgan fingerprint density at radius 1 is 0.792 bits per heavy atom. The molecule has 0 bridgehead atoms. The molecule has 0 saturated heterocycles. The van der Waals surface area contributed by atoms with Gasteiger partial charge in [-0.2, -0.15) is 0 Å². The first-order valence-electron chi connectivity index (χ1n) is 7.72. The number of rotatable bonds is 1. The minimum absolute atomic E-state index is 0.672. The highest BCUT2D eigenvalue weighted by Crippen LogP contribution is 2.37. The van der Waals surface area contributed by atoms with E-state index in [1.54, 1.807) is 12.1 Å². The third kappa shape index (κ3) is 2.88. The maximum atomic E-state index is 10.7. The molecule has 0 aromatic heterocycles. The van der Waals surface area contributed by atoms with Gasteiger partial charge in [-0.3, -0.25) is 4.79 Å². The van der Waals surface area contributed by atoms with Crippen molar-refractivity contribution < 1.29 is 4.79 Å². The molecule has 4 rings (SSSR count). The van der Waals surface area contributed by atoms with Gasteiger partial charge in [-0.1, -0.05) is 36.1 Å². The van der Waals surface area contributed by atoms with Gasteiger partial charge in [-0.25, -0.2) is 0 Å². The largest absolute Gasteiger partial charge is 0.298 e. The summed E-state index contributed by atoms with van der Waals surface area (Å²) < 4.78 is 1.28. The lowest BCUT2D eigenvalue weighted by Gasteiger charge is -2.01. The first-order chi connectivity index (χ1) is 11.7. The molecule has 0 atom stereocenters. The number of aldehydes is 1. The third-order valence-corrected chi connectivity index (χ3v) is 4.91. The molecule has 3 aromatic carbocycles. The van der Waals surface area contributed by atoms with E-state index < -0.39 is 0 Å². The van der Waals surface area contributed by atoms with Crippen molar-refractivity contribution in [2.75, 3.05) is 0 Å². The number of carbonyl (C=O) groups is 1. The maximum absolute atomic E-state index is 10.7. The van der Waals surface area contributed by atoms with Crippen molar-refractivity contribution in [3.8, 4) is 23.0 Å². The Labute approximate surface area is 154 Å². The van der Waals surface area contributed by atoms with Gasteiger partial charge in [0.2, 0.25) is 0 Å². The number of benzene rings is 3. The SMILES string of the molecule is O=Cc1ccc(C#Cc2ccc3c(c2)Cc2cc(I)ccc2-3)cc1. The van der Waals surface area contributed by atoms with Crippen molar-refractivity contribution in [3.63, 3.8) is 0 Å². The Morgan fingerprint density at radius 3 is 2.17 bits per heavy atom. The topological polar surface area (TPSA) is 17.1 Å². The Kier molecular flexibility index (Phi) is 3.95. The van der Waals surface area contributed by atoms with Gasteiger partial charge >= 0.3 is 0 Å². The zero-order chi connectivity index (χ0) is 16.5. The van der Waals surface area contributed by atoms with Crippen molar-refractivity contribution in [2.45, 2.75) is 6.42 Å². The summed E-state index contributed by atoms with van der Waals surface area (Å²) in [5, 5.41) is 0. The molecule has 1 nitrogen and oxygen atoms in total. The number of hydrogen-bond acceptors (Lipinski definition) is 1. The van der Waals surface area contributed by atoms with Crippen LogP contribution in [0.2, 0.25) is 0 Å². The van der Waals surface area contributed by atoms with Crippen molar-refractivity contribution >= 4 is 28.9 Å². The summed E-state index contributed by atoms with van der Waals surface area (Å²) in [6, 6.07) is 20.4. The fraction of sp³-hybridized carbons (Fsp3) is 0.0455. The Morgan fingerprint density at radius 2 is 1.42 bits per heavy atom. The molecular weight excluding hydrogens is 407 g/mol. The fourth-order valence-corrected chi connectivity index (χ4v) is 3.60. The number of carbonyl (C=O) groups excluding carboxylic acids is 1. The average molecular weight is 420 g/mol. The fourth-order valence-electron chi connectivity index (χ4n) is 3.05. The molecule has 0 spiro atoms. The highest BCUT2D eigenvalue weighted by atomic mass is 127. The second-order valence-electron chi connectivity index (χ2n) is 5.84. The van der Waals surface area contributed by atoms with Gasteiger partial charge < -0.3 is 0 Å². The zero-order valence-electron chi connectivity index (χ0n) is 12.8. The Bertz CT molecular complexity index is 1000. The number of halogens is 1. The van der Waals surface area contributed by atoms with Gasteiger partial charge in [0.25, 0.3) is 0 Å². The predicted molar refractivity (Wildman–Crippen MR) is 105 cm³/mol. The molecule has 24 heavy (non-hydrogen) atoms. The van der Waals surface area contributed by atoms with Crippen molar-refractivity contribution in [3.05, 3.63) is 92.1 Å². The van der Waals surface area contributed by atoms with Gasteiger partial charge in [0, 0.05) is 20.3 Å². The lowest BCUT2D eigenvalue weighted by atomic mass is 10.0. The molecule has 0 heterocycles. The van der Waals surface area contributed by atoms with Crippen LogP contribution in [-0.2, 0) is 6.42 Å². The molecule has 0 unspecified atom stereocenters. The third-order valence-electron chi connectivity index (χ3n) is 4.24. The van der Waals surface area contributed by atoms with Crippen LogP contribution in [-0.4, -0.2) is 6.29 Å². The normalized spacial score (nSPS) is 11.2. The van der Waals surface area contributed by atoms with Gasteiger partial charge in [-0.15, -0.1) is 0 Å². The van der Waals surface area contributed by atoms with Crippen LogP contribution in [0.25, 0.3) is 11.1 Å². The Balaban J connectivity index is 1.64. The highest BCUT2D eigenvalue weighted by molar-refractivity contribution is 14.1. The van der Waals surface area contributed by atoms with Gasteiger partial charge in [0.05, 0.1) is 0 Å². The van der Waals surface area contributed by atoms with E-state index in [2.05, 4.69) is 70.8 Å². The molecule has 0 aliphatic heterocycles.